The fourth-order valence-electron chi connectivity index (χ4n) is 1.24. The van der Waals surface area contributed by atoms with E-state index in [0.29, 0.717) is 0 Å². The first kappa shape index (κ1) is 17.7. The Hall–Kier alpha value is -0.360. The second kappa shape index (κ2) is 6.60. The summed E-state index contributed by atoms with van der Waals surface area (Å²) < 4.78 is 0. The van der Waals surface area contributed by atoms with Crippen molar-refractivity contribution >= 4 is 87.1 Å². The number of hydrogen-bond donors (Lipinski definition) is 2. The molecule has 2 N–H and O–H groups in total. The molecule has 0 atom stereocenters. The third-order valence-electron chi connectivity index (χ3n) is 2.08. The van der Waals surface area contributed by atoms with Crippen LogP contribution in [-0.2, 0) is 9.59 Å². The lowest BCUT2D eigenvalue weighted by Crippen LogP contribution is -2.08. The van der Waals surface area contributed by atoms with Crippen molar-refractivity contribution in [3.05, 3.63) is 35.7 Å². The van der Waals surface area contributed by atoms with Crippen LogP contribution >= 0.6 is 69.6 Å². The molecule has 0 aliphatic heterocycles. The van der Waals surface area contributed by atoms with Gasteiger partial charge in [0.15, 0.2) is 0 Å². The van der Waals surface area contributed by atoms with E-state index in [0.717, 1.165) is 0 Å². The summed E-state index contributed by atoms with van der Waals surface area (Å²) in [6.45, 7) is 0. The van der Waals surface area contributed by atoms with E-state index in [1.54, 1.807) is 0 Å². The van der Waals surface area contributed by atoms with Crippen LogP contribution in [0.4, 0.5) is 0 Å². The summed E-state index contributed by atoms with van der Waals surface area (Å²) in [4.78, 5) is 22.1. The summed E-state index contributed by atoms with van der Waals surface area (Å²) in [5.41, 5.74) is -1.28. The lowest BCUT2D eigenvalue weighted by molar-refractivity contribution is -0.133. The van der Waals surface area contributed by atoms with Gasteiger partial charge in [-0.3, -0.25) is 0 Å². The monoisotopic (exact) mass is 396 g/mol. The molecule has 0 saturated heterocycles. The number of benzene rings is 1. The van der Waals surface area contributed by atoms with Crippen molar-refractivity contribution in [2.45, 2.75) is 0 Å². The Kier molecular flexibility index (Phi) is 5.84. The summed E-state index contributed by atoms with van der Waals surface area (Å²) in [6.07, 6.45) is 0. The van der Waals surface area contributed by atoms with E-state index in [-0.39, 0.29) is 25.1 Å². The van der Waals surface area contributed by atoms with Crippen LogP contribution < -0.4 is 0 Å². The average molecular weight is 399 g/mol. The molecular formula is C10H2Cl6O4. The highest BCUT2D eigenvalue weighted by molar-refractivity contribution is 6.57. The quantitative estimate of drug-likeness (QED) is 0.423. The standard InChI is InChI=1S/C10H2Cl6O4/c11-3-1(2(9(17)18)5(13)10(19)20)4(12)7(15)8(16)6(3)14/h(H,17,18)(H,19,20)/b5-2+. The van der Waals surface area contributed by atoms with Gasteiger partial charge in [-0.1, -0.05) is 69.6 Å². The molecule has 0 heterocycles. The van der Waals surface area contributed by atoms with Crippen LogP contribution in [0.1, 0.15) is 5.56 Å². The molecule has 0 aliphatic carbocycles. The molecule has 10 heteroatoms. The van der Waals surface area contributed by atoms with Gasteiger partial charge in [0.1, 0.15) is 5.03 Å². The summed E-state index contributed by atoms with van der Waals surface area (Å²) >= 11 is 34.5. The largest absolute Gasteiger partial charge is 0.478 e. The van der Waals surface area contributed by atoms with Gasteiger partial charge in [0.2, 0.25) is 0 Å². The molecule has 0 fully saturated rings. The molecule has 0 amide bonds. The minimum absolute atomic E-state index is 0.191. The average Bonchev–Trinajstić information content (AvgIpc) is 2.37. The van der Waals surface area contributed by atoms with Crippen LogP contribution in [0.15, 0.2) is 5.03 Å². The molecule has 0 aliphatic rings. The molecule has 20 heavy (non-hydrogen) atoms. The third kappa shape index (κ3) is 3.11. The zero-order valence-corrected chi connectivity index (χ0v) is 13.5. The van der Waals surface area contributed by atoms with Gasteiger partial charge >= 0.3 is 11.9 Å². The van der Waals surface area contributed by atoms with E-state index in [9.17, 15) is 9.59 Å². The van der Waals surface area contributed by atoms with E-state index in [1.165, 1.54) is 0 Å². The van der Waals surface area contributed by atoms with Gasteiger partial charge in [-0.25, -0.2) is 9.59 Å². The van der Waals surface area contributed by atoms with E-state index in [2.05, 4.69) is 0 Å². The first-order valence-corrected chi connectivity index (χ1v) is 6.76. The fourth-order valence-corrected chi connectivity index (χ4v) is 2.74. The highest BCUT2D eigenvalue weighted by Gasteiger charge is 2.29. The Morgan fingerprint density at radius 2 is 1.05 bits per heavy atom. The van der Waals surface area contributed by atoms with Crippen molar-refractivity contribution in [3.8, 4) is 0 Å². The number of rotatable bonds is 3. The molecule has 0 spiro atoms. The van der Waals surface area contributed by atoms with Gasteiger partial charge < -0.3 is 10.2 Å². The Labute approximate surface area is 142 Å². The molecular weight excluding hydrogens is 397 g/mol. The SMILES string of the molecule is O=C(O)/C(Cl)=C(\C(=O)O)c1c(Cl)c(Cl)c(Cl)c(Cl)c1Cl. The van der Waals surface area contributed by atoms with E-state index in [1.807, 2.05) is 0 Å². The highest BCUT2D eigenvalue weighted by atomic mass is 35.5. The molecule has 0 radical (unpaired) electrons. The molecule has 1 aromatic carbocycles. The number of hydrogen-bond acceptors (Lipinski definition) is 2. The van der Waals surface area contributed by atoms with Crippen LogP contribution in [0.2, 0.25) is 25.1 Å². The van der Waals surface area contributed by atoms with E-state index >= 15 is 0 Å². The Balaban J connectivity index is 3.91. The smallest absolute Gasteiger partial charge is 0.348 e. The van der Waals surface area contributed by atoms with Crippen molar-refractivity contribution in [3.63, 3.8) is 0 Å². The highest BCUT2D eigenvalue weighted by Crippen LogP contribution is 2.47. The topological polar surface area (TPSA) is 74.6 Å². The molecule has 1 rings (SSSR count). The first-order valence-electron chi connectivity index (χ1n) is 4.49. The van der Waals surface area contributed by atoms with Gasteiger partial charge in [0, 0.05) is 5.56 Å². The van der Waals surface area contributed by atoms with Crippen LogP contribution in [0.25, 0.3) is 5.57 Å². The van der Waals surface area contributed by atoms with Crippen LogP contribution in [0.5, 0.6) is 0 Å². The summed E-state index contributed by atoms with van der Waals surface area (Å²) in [7, 11) is 0. The number of carboxylic acids is 2. The normalized spacial score (nSPS) is 12.1. The molecule has 0 saturated carbocycles. The number of carbonyl (C=O) groups is 2. The van der Waals surface area contributed by atoms with Crippen molar-refractivity contribution < 1.29 is 19.8 Å². The molecule has 0 aromatic heterocycles. The Morgan fingerprint density at radius 1 is 0.700 bits per heavy atom. The van der Waals surface area contributed by atoms with Crippen LogP contribution in [0, 0.1) is 0 Å². The van der Waals surface area contributed by atoms with Crippen molar-refractivity contribution in [1.29, 1.82) is 0 Å². The summed E-state index contributed by atoms with van der Waals surface area (Å²) in [6, 6.07) is 0. The number of aliphatic carboxylic acids is 2. The summed E-state index contributed by atoms with van der Waals surface area (Å²) in [5.74, 6) is -3.35. The van der Waals surface area contributed by atoms with Crippen molar-refractivity contribution in [1.82, 2.24) is 0 Å². The zero-order chi connectivity index (χ0) is 15.8. The molecule has 0 bridgehead atoms. The zero-order valence-electron chi connectivity index (χ0n) is 8.98. The fraction of sp³-hybridized carbons (Fsp3) is 0. The van der Waals surface area contributed by atoms with E-state index in [4.69, 9.17) is 79.8 Å². The molecule has 0 unspecified atom stereocenters. The Morgan fingerprint density at radius 3 is 1.35 bits per heavy atom. The maximum absolute atomic E-state index is 11.2. The van der Waals surface area contributed by atoms with Gasteiger partial charge in [0.25, 0.3) is 0 Å². The summed E-state index contributed by atoms with van der Waals surface area (Å²) in [5, 5.41) is 15.4. The molecule has 1 aromatic rings. The third-order valence-corrected chi connectivity index (χ3v) is 4.71. The minimum Gasteiger partial charge on any atom is -0.478 e. The second-order valence-electron chi connectivity index (χ2n) is 3.24. The number of halogens is 6. The lowest BCUT2D eigenvalue weighted by Gasteiger charge is -2.13. The maximum Gasteiger partial charge on any atom is 0.348 e. The predicted octanol–water partition coefficient (Wildman–Crippen LogP) is 5.07. The van der Waals surface area contributed by atoms with Gasteiger partial charge in [-0.15, -0.1) is 0 Å². The minimum atomic E-state index is -1.68. The molecule has 4 nitrogen and oxygen atoms in total. The predicted molar refractivity (Wildman–Crippen MR) is 79.5 cm³/mol. The van der Waals surface area contributed by atoms with Crippen LogP contribution in [-0.4, -0.2) is 22.2 Å². The van der Waals surface area contributed by atoms with Gasteiger partial charge in [-0.05, 0) is 0 Å². The van der Waals surface area contributed by atoms with Gasteiger partial charge in [-0.2, -0.15) is 0 Å². The van der Waals surface area contributed by atoms with Crippen molar-refractivity contribution in [2.24, 2.45) is 0 Å². The maximum atomic E-state index is 11.2. The van der Waals surface area contributed by atoms with E-state index < -0.39 is 28.1 Å². The first-order chi connectivity index (χ1) is 9.11. The Bertz CT molecular complexity index is 623. The van der Waals surface area contributed by atoms with Gasteiger partial charge in [0.05, 0.1) is 30.7 Å². The molecule has 108 valence electrons. The van der Waals surface area contributed by atoms with Crippen LogP contribution in [0.3, 0.4) is 0 Å². The number of carboxylic acid groups (broad SMARTS) is 2. The second-order valence-corrected chi connectivity index (χ2v) is 5.51. The lowest BCUT2D eigenvalue weighted by atomic mass is 10.1. The van der Waals surface area contributed by atoms with Crippen molar-refractivity contribution in [2.75, 3.05) is 0 Å².